The van der Waals surface area contributed by atoms with Crippen LogP contribution in [0, 0.1) is 0 Å². The molecule has 0 unspecified atom stereocenters. The van der Waals surface area contributed by atoms with Gasteiger partial charge in [0.15, 0.2) is 0 Å². The summed E-state index contributed by atoms with van der Waals surface area (Å²) < 4.78 is 0. The highest BCUT2D eigenvalue weighted by Gasteiger charge is 2.28. The summed E-state index contributed by atoms with van der Waals surface area (Å²) in [5, 5.41) is 0. The van der Waals surface area contributed by atoms with Gasteiger partial charge in [0.25, 0.3) is 5.91 Å². The molecule has 2 aliphatic heterocycles. The third kappa shape index (κ3) is 4.03. The van der Waals surface area contributed by atoms with Crippen molar-refractivity contribution in [3.05, 3.63) is 60.2 Å². The Hall–Kier alpha value is -2.82. The van der Waals surface area contributed by atoms with Gasteiger partial charge in [0, 0.05) is 44.8 Å². The first-order valence-electron chi connectivity index (χ1n) is 10.2. The average molecular weight is 377 g/mol. The number of amides is 3. The van der Waals surface area contributed by atoms with E-state index in [-0.39, 0.29) is 11.9 Å². The molecule has 5 nitrogen and oxygen atoms in total. The lowest BCUT2D eigenvalue weighted by Gasteiger charge is -2.38. The van der Waals surface area contributed by atoms with Gasteiger partial charge in [-0.2, -0.15) is 0 Å². The van der Waals surface area contributed by atoms with E-state index in [0.717, 1.165) is 37.1 Å². The topological polar surface area (TPSA) is 43.9 Å². The fourth-order valence-corrected chi connectivity index (χ4v) is 4.00. The van der Waals surface area contributed by atoms with Gasteiger partial charge in [0.05, 0.1) is 0 Å². The zero-order valence-corrected chi connectivity index (χ0v) is 16.2. The van der Waals surface area contributed by atoms with Gasteiger partial charge in [-0.1, -0.05) is 42.5 Å². The van der Waals surface area contributed by atoms with Gasteiger partial charge >= 0.3 is 6.03 Å². The molecule has 3 amide bonds. The molecule has 0 N–H and O–H groups in total. The van der Waals surface area contributed by atoms with Crippen LogP contribution in [0.5, 0.6) is 0 Å². The largest absolute Gasteiger partial charge is 0.335 e. The summed E-state index contributed by atoms with van der Waals surface area (Å²) in [6.45, 7) is 4.15. The van der Waals surface area contributed by atoms with Crippen molar-refractivity contribution in [3.63, 3.8) is 0 Å². The monoisotopic (exact) mass is 377 g/mol. The maximum absolute atomic E-state index is 12.8. The van der Waals surface area contributed by atoms with Crippen LogP contribution >= 0.6 is 0 Å². The molecule has 0 saturated carbocycles. The van der Waals surface area contributed by atoms with Crippen molar-refractivity contribution in [3.8, 4) is 11.1 Å². The van der Waals surface area contributed by atoms with Crippen LogP contribution in [0.15, 0.2) is 54.6 Å². The van der Waals surface area contributed by atoms with Crippen molar-refractivity contribution in [1.82, 2.24) is 14.7 Å². The Morgan fingerprint density at radius 1 is 0.571 bits per heavy atom. The Bertz CT molecular complexity index is 806. The highest BCUT2D eigenvalue weighted by Crippen LogP contribution is 2.20. The highest BCUT2D eigenvalue weighted by atomic mass is 16.2. The summed E-state index contributed by atoms with van der Waals surface area (Å²) in [6.07, 6.45) is 3.42. The van der Waals surface area contributed by atoms with E-state index in [9.17, 15) is 9.59 Å². The van der Waals surface area contributed by atoms with Gasteiger partial charge in [0.2, 0.25) is 0 Å². The molecule has 2 aromatic carbocycles. The zero-order valence-electron chi connectivity index (χ0n) is 16.2. The van der Waals surface area contributed by atoms with E-state index in [1.165, 1.54) is 6.42 Å². The minimum Gasteiger partial charge on any atom is -0.335 e. The lowest BCUT2D eigenvalue weighted by atomic mass is 10.0. The van der Waals surface area contributed by atoms with Crippen LogP contribution in [-0.4, -0.2) is 65.9 Å². The van der Waals surface area contributed by atoms with Crippen LogP contribution in [0.2, 0.25) is 0 Å². The predicted molar refractivity (Wildman–Crippen MR) is 110 cm³/mol. The van der Waals surface area contributed by atoms with Gasteiger partial charge in [-0.25, -0.2) is 4.79 Å². The zero-order chi connectivity index (χ0) is 19.3. The molecule has 0 radical (unpaired) electrons. The van der Waals surface area contributed by atoms with E-state index in [2.05, 4.69) is 12.1 Å². The molecule has 0 atom stereocenters. The maximum atomic E-state index is 12.8. The van der Waals surface area contributed by atoms with Crippen LogP contribution in [0.25, 0.3) is 11.1 Å². The quantitative estimate of drug-likeness (QED) is 0.801. The van der Waals surface area contributed by atoms with Gasteiger partial charge < -0.3 is 14.7 Å². The number of likely N-dealkylation sites (tertiary alicyclic amines) is 1. The van der Waals surface area contributed by atoms with Crippen LogP contribution in [-0.2, 0) is 0 Å². The average Bonchev–Trinajstić information content (AvgIpc) is 2.79. The third-order valence-corrected chi connectivity index (χ3v) is 5.70. The number of hydrogen-bond acceptors (Lipinski definition) is 2. The van der Waals surface area contributed by atoms with Gasteiger partial charge in [-0.3, -0.25) is 4.79 Å². The lowest BCUT2D eigenvalue weighted by Crippen LogP contribution is -2.54. The molecule has 0 spiro atoms. The first-order chi connectivity index (χ1) is 13.7. The Morgan fingerprint density at radius 3 is 1.75 bits per heavy atom. The normalized spacial score (nSPS) is 17.5. The molecule has 146 valence electrons. The molecular weight excluding hydrogens is 350 g/mol. The number of carbonyl (C=O) groups excluding carboxylic acids is 2. The van der Waals surface area contributed by atoms with Crippen LogP contribution < -0.4 is 0 Å². The molecule has 2 saturated heterocycles. The summed E-state index contributed by atoms with van der Waals surface area (Å²) in [5.41, 5.74) is 2.95. The number of carbonyl (C=O) groups is 2. The second kappa shape index (κ2) is 8.46. The SMILES string of the molecule is O=C(c1ccc(-c2ccccc2)cc1)N1CCN(C(=O)N2CCCCC2)CC1. The van der Waals surface area contributed by atoms with Gasteiger partial charge in [-0.15, -0.1) is 0 Å². The van der Waals surface area contributed by atoms with Crippen molar-refractivity contribution in [1.29, 1.82) is 0 Å². The molecule has 0 aliphatic carbocycles. The van der Waals surface area contributed by atoms with E-state index in [0.29, 0.717) is 31.7 Å². The Labute approximate surface area is 166 Å². The molecule has 2 aromatic rings. The summed E-state index contributed by atoms with van der Waals surface area (Å²) in [5.74, 6) is 0.0460. The van der Waals surface area contributed by atoms with Gasteiger partial charge in [0.1, 0.15) is 0 Å². The van der Waals surface area contributed by atoms with Crippen molar-refractivity contribution in [2.75, 3.05) is 39.3 Å². The minimum atomic E-state index is 0.0460. The maximum Gasteiger partial charge on any atom is 0.320 e. The van der Waals surface area contributed by atoms with Gasteiger partial charge in [-0.05, 0) is 42.5 Å². The van der Waals surface area contributed by atoms with E-state index in [1.54, 1.807) is 0 Å². The lowest BCUT2D eigenvalue weighted by molar-refractivity contribution is 0.0633. The van der Waals surface area contributed by atoms with Crippen molar-refractivity contribution in [2.45, 2.75) is 19.3 Å². The summed E-state index contributed by atoms with van der Waals surface area (Å²) in [4.78, 5) is 31.2. The molecule has 2 heterocycles. The second-order valence-electron chi connectivity index (χ2n) is 7.55. The summed E-state index contributed by atoms with van der Waals surface area (Å²) in [7, 11) is 0. The van der Waals surface area contributed by atoms with Crippen LogP contribution in [0.4, 0.5) is 4.79 Å². The molecular formula is C23H27N3O2. The second-order valence-corrected chi connectivity index (χ2v) is 7.55. The number of nitrogens with zero attached hydrogens (tertiary/aromatic N) is 3. The molecule has 28 heavy (non-hydrogen) atoms. The number of urea groups is 1. The van der Waals surface area contributed by atoms with Crippen LogP contribution in [0.3, 0.4) is 0 Å². The molecule has 2 fully saturated rings. The highest BCUT2D eigenvalue weighted by molar-refractivity contribution is 5.95. The minimum absolute atomic E-state index is 0.0460. The van der Waals surface area contributed by atoms with Crippen molar-refractivity contribution >= 4 is 11.9 Å². The van der Waals surface area contributed by atoms with E-state index in [1.807, 2.05) is 57.2 Å². The van der Waals surface area contributed by atoms with E-state index in [4.69, 9.17) is 0 Å². The summed E-state index contributed by atoms with van der Waals surface area (Å²) >= 11 is 0. The Morgan fingerprint density at radius 2 is 1.11 bits per heavy atom. The number of piperidine rings is 1. The predicted octanol–water partition coefficient (Wildman–Crippen LogP) is 3.72. The van der Waals surface area contributed by atoms with Crippen molar-refractivity contribution < 1.29 is 9.59 Å². The first kappa shape index (κ1) is 18.5. The number of rotatable bonds is 2. The Kier molecular flexibility index (Phi) is 5.60. The standard InChI is InChI=1S/C23H27N3O2/c27-22(21-11-9-20(10-12-21)19-7-3-1-4-8-19)24-15-17-26(18-16-24)23(28)25-13-5-2-6-14-25/h1,3-4,7-12H,2,5-6,13-18H2. The number of benzene rings is 2. The van der Waals surface area contributed by atoms with E-state index < -0.39 is 0 Å². The third-order valence-electron chi connectivity index (χ3n) is 5.70. The first-order valence-corrected chi connectivity index (χ1v) is 10.2. The fourth-order valence-electron chi connectivity index (χ4n) is 4.00. The smallest absolute Gasteiger partial charge is 0.320 e. The van der Waals surface area contributed by atoms with Crippen molar-refractivity contribution in [2.24, 2.45) is 0 Å². The van der Waals surface area contributed by atoms with E-state index >= 15 is 0 Å². The van der Waals surface area contributed by atoms with Crippen LogP contribution in [0.1, 0.15) is 29.6 Å². The molecule has 4 rings (SSSR count). The Balaban J connectivity index is 1.34. The summed E-state index contributed by atoms with van der Waals surface area (Å²) in [6, 6.07) is 18.1. The number of hydrogen-bond donors (Lipinski definition) is 0. The fraction of sp³-hybridized carbons (Fsp3) is 0.391. The number of piperazine rings is 1. The molecule has 2 aliphatic rings. The molecule has 0 bridgehead atoms. The molecule has 5 heteroatoms. The molecule has 0 aromatic heterocycles.